The molecule has 102 valence electrons. The third-order valence-corrected chi connectivity index (χ3v) is 2.74. The lowest BCUT2D eigenvalue weighted by atomic mass is 10.2. The third kappa shape index (κ3) is 3.11. The van der Waals surface area contributed by atoms with Gasteiger partial charge in [0.05, 0.1) is 16.8 Å². The quantitative estimate of drug-likeness (QED) is 0.508. The predicted octanol–water partition coefficient (Wildman–Crippen LogP) is 3.05. The Morgan fingerprint density at radius 3 is 2.75 bits per heavy atom. The normalized spacial score (nSPS) is 10.7. The molecule has 2 rings (SSSR count). The van der Waals surface area contributed by atoms with Gasteiger partial charge in [0.25, 0.3) is 0 Å². The molecule has 2 aromatic carbocycles. The first-order chi connectivity index (χ1) is 9.58. The van der Waals surface area contributed by atoms with E-state index in [0.29, 0.717) is 5.56 Å². The van der Waals surface area contributed by atoms with Crippen molar-refractivity contribution in [2.24, 2.45) is 5.10 Å². The fourth-order valence-electron chi connectivity index (χ4n) is 1.64. The first kappa shape index (κ1) is 13.5. The second-order valence-corrected chi connectivity index (χ2v) is 4.19. The molecule has 2 N–H and O–H groups in total. The van der Waals surface area contributed by atoms with E-state index in [-0.39, 0.29) is 11.4 Å². The number of hydrogen-bond acceptors (Lipinski definition) is 5. The molecule has 0 atom stereocenters. The molecule has 0 amide bonds. The van der Waals surface area contributed by atoms with Crippen LogP contribution in [0.1, 0.15) is 11.1 Å². The van der Waals surface area contributed by atoms with Crippen LogP contribution in [0.4, 0.5) is 11.4 Å². The average Bonchev–Trinajstić information content (AvgIpc) is 2.42. The zero-order chi connectivity index (χ0) is 14.5. The van der Waals surface area contributed by atoms with Gasteiger partial charge in [0.2, 0.25) is 0 Å². The van der Waals surface area contributed by atoms with Crippen molar-refractivity contribution in [3.8, 4) is 5.75 Å². The summed E-state index contributed by atoms with van der Waals surface area (Å²) in [7, 11) is 0. The number of rotatable bonds is 4. The van der Waals surface area contributed by atoms with Gasteiger partial charge in [-0.25, -0.2) is 0 Å². The largest absolute Gasteiger partial charge is 0.502 e. The molecule has 6 nitrogen and oxygen atoms in total. The van der Waals surface area contributed by atoms with Crippen LogP contribution in [0.5, 0.6) is 5.75 Å². The van der Waals surface area contributed by atoms with Gasteiger partial charge in [-0.15, -0.1) is 0 Å². The van der Waals surface area contributed by atoms with Crippen LogP contribution in [-0.4, -0.2) is 16.2 Å². The van der Waals surface area contributed by atoms with E-state index in [2.05, 4.69) is 10.5 Å². The number of phenolic OH excluding ortho intramolecular Hbond substituents is 1. The number of hydrazone groups is 1. The minimum Gasteiger partial charge on any atom is -0.502 e. The molecule has 0 unspecified atom stereocenters. The third-order valence-electron chi connectivity index (χ3n) is 2.74. The highest BCUT2D eigenvalue weighted by molar-refractivity contribution is 5.82. The molecule has 2 aromatic rings. The lowest BCUT2D eigenvalue weighted by Crippen LogP contribution is -1.94. The van der Waals surface area contributed by atoms with Gasteiger partial charge in [-0.2, -0.15) is 5.10 Å². The summed E-state index contributed by atoms with van der Waals surface area (Å²) in [5.74, 6) is -0.362. The van der Waals surface area contributed by atoms with E-state index in [0.717, 1.165) is 11.3 Å². The number of para-hydroxylation sites is 1. The molecule has 0 aliphatic heterocycles. The highest BCUT2D eigenvalue weighted by Gasteiger charge is 2.12. The molecule has 0 radical (unpaired) electrons. The Hall–Kier alpha value is -2.89. The summed E-state index contributed by atoms with van der Waals surface area (Å²) in [4.78, 5) is 10.1. The van der Waals surface area contributed by atoms with Crippen LogP contribution >= 0.6 is 0 Å². The van der Waals surface area contributed by atoms with Crippen molar-refractivity contribution in [2.45, 2.75) is 6.92 Å². The zero-order valence-corrected chi connectivity index (χ0v) is 10.8. The Morgan fingerprint density at radius 1 is 1.30 bits per heavy atom. The lowest BCUT2D eigenvalue weighted by Gasteiger charge is -2.03. The topological polar surface area (TPSA) is 87.8 Å². The van der Waals surface area contributed by atoms with Crippen LogP contribution in [0.3, 0.4) is 0 Å². The molecule has 0 heterocycles. The smallest absolute Gasteiger partial charge is 0.311 e. The first-order valence-corrected chi connectivity index (χ1v) is 5.90. The summed E-state index contributed by atoms with van der Waals surface area (Å²) in [6, 6.07) is 11.7. The summed E-state index contributed by atoms with van der Waals surface area (Å²) in [5.41, 5.74) is 4.94. The highest BCUT2D eigenvalue weighted by Crippen LogP contribution is 2.25. The number of anilines is 1. The van der Waals surface area contributed by atoms with Gasteiger partial charge in [0.1, 0.15) is 0 Å². The molecule has 0 spiro atoms. The number of aromatic hydroxyl groups is 1. The van der Waals surface area contributed by atoms with Crippen LogP contribution in [0.25, 0.3) is 0 Å². The standard InChI is InChI=1S/C14H13N3O3/c1-10-4-2-3-5-12(10)16-15-9-11-6-7-14(18)13(8-11)17(19)20/h2-9,16,18H,1H3/b15-9-. The fourth-order valence-corrected chi connectivity index (χ4v) is 1.64. The molecular formula is C14H13N3O3. The molecule has 6 heteroatoms. The molecule has 0 fully saturated rings. The van der Waals surface area contributed by atoms with Gasteiger partial charge in [-0.1, -0.05) is 18.2 Å². The van der Waals surface area contributed by atoms with Crippen molar-refractivity contribution in [1.29, 1.82) is 0 Å². The summed E-state index contributed by atoms with van der Waals surface area (Å²) in [6.07, 6.45) is 1.46. The number of hydrogen-bond donors (Lipinski definition) is 2. The maximum Gasteiger partial charge on any atom is 0.311 e. The van der Waals surface area contributed by atoms with Crippen molar-refractivity contribution in [2.75, 3.05) is 5.43 Å². The van der Waals surface area contributed by atoms with E-state index in [9.17, 15) is 15.2 Å². The van der Waals surface area contributed by atoms with Gasteiger partial charge in [0.15, 0.2) is 5.75 Å². The van der Waals surface area contributed by atoms with Gasteiger partial charge in [-0.3, -0.25) is 15.5 Å². The molecular weight excluding hydrogens is 258 g/mol. The van der Waals surface area contributed by atoms with Crippen LogP contribution < -0.4 is 5.43 Å². The van der Waals surface area contributed by atoms with Crippen LogP contribution in [0.2, 0.25) is 0 Å². The van der Waals surface area contributed by atoms with Gasteiger partial charge in [0, 0.05) is 11.6 Å². The Morgan fingerprint density at radius 2 is 2.05 bits per heavy atom. The predicted molar refractivity (Wildman–Crippen MR) is 77.2 cm³/mol. The minimum absolute atomic E-state index is 0.343. The molecule has 0 saturated carbocycles. The van der Waals surface area contributed by atoms with Crippen molar-refractivity contribution in [3.05, 3.63) is 63.7 Å². The Balaban J connectivity index is 2.14. The zero-order valence-electron chi connectivity index (χ0n) is 10.8. The molecule has 20 heavy (non-hydrogen) atoms. The van der Waals surface area contributed by atoms with E-state index in [4.69, 9.17) is 0 Å². The minimum atomic E-state index is -0.637. The number of benzene rings is 2. The molecule has 0 bridgehead atoms. The van der Waals surface area contributed by atoms with E-state index >= 15 is 0 Å². The summed E-state index contributed by atoms with van der Waals surface area (Å²) in [6.45, 7) is 1.95. The number of phenols is 1. The average molecular weight is 271 g/mol. The number of nitro groups is 1. The van der Waals surface area contributed by atoms with E-state index in [1.54, 1.807) is 6.07 Å². The van der Waals surface area contributed by atoms with Crippen LogP contribution in [0.15, 0.2) is 47.6 Å². The first-order valence-electron chi connectivity index (χ1n) is 5.90. The van der Waals surface area contributed by atoms with E-state index in [1.807, 2.05) is 31.2 Å². The number of nitrogens with zero attached hydrogens (tertiary/aromatic N) is 2. The van der Waals surface area contributed by atoms with Crippen molar-refractivity contribution < 1.29 is 10.0 Å². The Labute approximate surface area is 115 Å². The van der Waals surface area contributed by atoms with E-state index < -0.39 is 4.92 Å². The van der Waals surface area contributed by atoms with Crippen molar-refractivity contribution in [1.82, 2.24) is 0 Å². The highest BCUT2D eigenvalue weighted by atomic mass is 16.6. The number of nitro benzene ring substituents is 1. The fraction of sp³-hybridized carbons (Fsp3) is 0.0714. The monoisotopic (exact) mass is 271 g/mol. The SMILES string of the molecule is Cc1ccccc1N/N=C\c1ccc(O)c([N+](=O)[O-])c1. The summed E-state index contributed by atoms with van der Waals surface area (Å²) >= 11 is 0. The molecule has 0 saturated heterocycles. The van der Waals surface area contributed by atoms with E-state index in [1.165, 1.54) is 18.3 Å². The van der Waals surface area contributed by atoms with Gasteiger partial charge < -0.3 is 5.11 Å². The maximum absolute atomic E-state index is 10.7. The van der Waals surface area contributed by atoms with Crippen molar-refractivity contribution in [3.63, 3.8) is 0 Å². The Bertz CT molecular complexity index is 668. The second kappa shape index (κ2) is 5.83. The van der Waals surface area contributed by atoms with Gasteiger partial charge >= 0.3 is 5.69 Å². The van der Waals surface area contributed by atoms with Gasteiger partial charge in [-0.05, 0) is 30.7 Å². The molecule has 0 aliphatic rings. The maximum atomic E-state index is 10.7. The summed E-state index contributed by atoms with van der Waals surface area (Å²) in [5, 5.41) is 24.1. The Kier molecular flexibility index (Phi) is 3.95. The van der Waals surface area contributed by atoms with Crippen LogP contribution in [0, 0.1) is 17.0 Å². The summed E-state index contributed by atoms with van der Waals surface area (Å²) < 4.78 is 0. The number of aryl methyl sites for hydroxylation is 1. The molecule has 0 aliphatic carbocycles. The van der Waals surface area contributed by atoms with Crippen LogP contribution in [-0.2, 0) is 0 Å². The molecule has 0 aromatic heterocycles. The lowest BCUT2D eigenvalue weighted by molar-refractivity contribution is -0.385. The second-order valence-electron chi connectivity index (χ2n) is 4.19. The van der Waals surface area contributed by atoms with Crippen molar-refractivity contribution >= 4 is 17.6 Å². The number of nitrogens with one attached hydrogen (secondary N) is 1.